The Morgan fingerprint density at radius 1 is 1.43 bits per heavy atom. The fourth-order valence-electron chi connectivity index (χ4n) is 2.67. The van der Waals surface area contributed by atoms with E-state index >= 15 is 0 Å². The lowest BCUT2D eigenvalue weighted by atomic mass is 10.2. The number of nitrogens with one attached hydrogen (secondary N) is 2. The molecule has 2 heterocycles. The number of nitrogens with zero attached hydrogens (tertiary/aromatic N) is 2. The van der Waals surface area contributed by atoms with Gasteiger partial charge in [-0.2, -0.15) is 0 Å². The van der Waals surface area contributed by atoms with Crippen LogP contribution < -0.4 is 10.6 Å². The van der Waals surface area contributed by atoms with Gasteiger partial charge >= 0.3 is 0 Å². The van der Waals surface area contributed by atoms with Crippen LogP contribution in [0.15, 0.2) is 10.6 Å². The molecule has 2 amide bonds. The average Bonchev–Trinajstić information content (AvgIpc) is 3.13. The third kappa shape index (κ3) is 5.87. The Hall–Kier alpha value is -1.54. The summed E-state index contributed by atoms with van der Waals surface area (Å²) >= 11 is 1.29. The van der Waals surface area contributed by atoms with Gasteiger partial charge in [-0.15, -0.1) is 11.8 Å². The summed E-state index contributed by atoms with van der Waals surface area (Å²) in [5.41, 5.74) is 0. The highest BCUT2D eigenvalue weighted by Gasteiger charge is 2.23. The molecular weight excluding hydrogens is 316 g/mol. The molecule has 1 aliphatic heterocycles. The van der Waals surface area contributed by atoms with Crippen molar-refractivity contribution in [3.63, 3.8) is 0 Å². The van der Waals surface area contributed by atoms with Crippen molar-refractivity contribution in [2.45, 2.75) is 32.7 Å². The summed E-state index contributed by atoms with van der Waals surface area (Å²) in [6.45, 7) is 6.73. The summed E-state index contributed by atoms with van der Waals surface area (Å²) < 4.78 is 4.87. The summed E-state index contributed by atoms with van der Waals surface area (Å²) in [6.07, 6.45) is 2.34. The zero-order chi connectivity index (χ0) is 16.7. The predicted octanol–water partition coefficient (Wildman–Crippen LogP) is 1.26. The van der Waals surface area contributed by atoms with Gasteiger partial charge in [-0.25, -0.2) is 0 Å². The van der Waals surface area contributed by atoms with Crippen LogP contribution in [-0.4, -0.2) is 59.1 Å². The van der Waals surface area contributed by atoms with E-state index in [2.05, 4.69) is 27.6 Å². The predicted molar refractivity (Wildman–Crippen MR) is 90.5 cm³/mol. The second kappa shape index (κ2) is 8.93. The SMILES string of the molecule is CCN1CCCC1CNC(=O)CSCC(=O)Nc1cc(C)on1. The minimum absolute atomic E-state index is 0.0250. The van der Waals surface area contributed by atoms with Crippen LogP contribution in [0.25, 0.3) is 0 Å². The molecule has 2 rings (SSSR count). The Kier molecular flexibility index (Phi) is 6.91. The van der Waals surface area contributed by atoms with E-state index in [9.17, 15) is 9.59 Å². The second-order valence-electron chi connectivity index (χ2n) is 5.59. The van der Waals surface area contributed by atoms with Crippen LogP contribution in [0, 0.1) is 6.92 Å². The van der Waals surface area contributed by atoms with Crippen LogP contribution in [0.4, 0.5) is 5.82 Å². The summed E-state index contributed by atoms with van der Waals surface area (Å²) in [4.78, 5) is 25.9. The summed E-state index contributed by atoms with van der Waals surface area (Å²) in [5.74, 6) is 1.32. The number of anilines is 1. The number of thioether (sulfide) groups is 1. The topological polar surface area (TPSA) is 87.5 Å². The molecule has 0 aromatic carbocycles. The molecule has 1 aromatic heterocycles. The molecule has 23 heavy (non-hydrogen) atoms. The van der Waals surface area contributed by atoms with Gasteiger partial charge in [0, 0.05) is 18.7 Å². The molecule has 1 aromatic rings. The first-order chi connectivity index (χ1) is 11.1. The van der Waals surface area contributed by atoms with Gasteiger partial charge in [0.25, 0.3) is 0 Å². The highest BCUT2D eigenvalue weighted by molar-refractivity contribution is 8.00. The van der Waals surface area contributed by atoms with Gasteiger partial charge in [0.05, 0.1) is 11.5 Å². The number of carbonyl (C=O) groups excluding carboxylic acids is 2. The number of carbonyl (C=O) groups is 2. The molecular formula is C15H24N4O3S. The van der Waals surface area contributed by atoms with Gasteiger partial charge < -0.3 is 15.2 Å². The first-order valence-electron chi connectivity index (χ1n) is 7.90. The smallest absolute Gasteiger partial charge is 0.235 e. The normalized spacial score (nSPS) is 18.1. The van der Waals surface area contributed by atoms with E-state index in [4.69, 9.17) is 4.52 Å². The van der Waals surface area contributed by atoms with E-state index in [0.29, 0.717) is 24.2 Å². The molecule has 1 atom stereocenters. The fourth-order valence-corrected chi connectivity index (χ4v) is 3.31. The van der Waals surface area contributed by atoms with Crippen LogP contribution in [0.2, 0.25) is 0 Å². The Morgan fingerprint density at radius 3 is 2.91 bits per heavy atom. The largest absolute Gasteiger partial charge is 0.360 e. The molecule has 0 aliphatic carbocycles. The molecule has 128 valence electrons. The van der Waals surface area contributed by atoms with Gasteiger partial charge in [0.2, 0.25) is 11.8 Å². The van der Waals surface area contributed by atoms with E-state index in [1.54, 1.807) is 13.0 Å². The standard InChI is InChI=1S/C15H24N4O3S/c1-3-19-6-4-5-12(19)8-16-14(20)9-23-10-15(21)17-13-7-11(2)22-18-13/h7,12H,3-6,8-10H2,1-2H3,(H,16,20)(H,17,18,21). The molecule has 0 radical (unpaired) electrons. The van der Waals surface area contributed by atoms with Crippen molar-refractivity contribution in [3.05, 3.63) is 11.8 Å². The lowest BCUT2D eigenvalue weighted by Crippen LogP contribution is -2.40. The average molecular weight is 340 g/mol. The zero-order valence-electron chi connectivity index (χ0n) is 13.6. The van der Waals surface area contributed by atoms with Crippen LogP contribution in [0.3, 0.4) is 0 Å². The van der Waals surface area contributed by atoms with Crippen molar-refractivity contribution in [3.8, 4) is 0 Å². The molecule has 8 heteroatoms. The van der Waals surface area contributed by atoms with Gasteiger partial charge in [0.1, 0.15) is 5.76 Å². The van der Waals surface area contributed by atoms with Gasteiger partial charge in [0.15, 0.2) is 5.82 Å². The van der Waals surface area contributed by atoms with Crippen molar-refractivity contribution in [1.29, 1.82) is 0 Å². The third-order valence-corrected chi connectivity index (χ3v) is 4.73. The number of aryl methyl sites for hydroxylation is 1. The lowest BCUT2D eigenvalue weighted by Gasteiger charge is -2.22. The van der Waals surface area contributed by atoms with Crippen molar-refractivity contribution >= 4 is 29.4 Å². The molecule has 1 saturated heterocycles. The van der Waals surface area contributed by atoms with Gasteiger partial charge in [-0.05, 0) is 32.9 Å². The molecule has 1 aliphatic rings. The maximum absolute atomic E-state index is 11.8. The number of aromatic nitrogens is 1. The quantitative estimate of drug-likeness (QED) is 0.741. The van der Waals surface area contributed by atoms with Crippen molar-refractivity contribution in [1.82, 2.24) is 15.4 Å². The Bertz CT molecular complexity index is 535. The minimum atomic E-state index is -0.191. The van der Waals surface area contributed by atoms with Crippen LogP contribution in [-0.2, 0) is 9.59 Å². The number of likely N-dealkylation sites (N-methyl/N-ethyl adjacent to an activating group) is 1. The van der Waals surface area contributed by atoms with Gasteiger partial charge in [-0.3, -0.25) is 14.5 Å². The van der Waals surface area contributed by atoms with Crippen LogP contribution in [0.5, 0.6) is 0 Å². The van der Waals surface area contributed by atoms with E-state index < -0.39 is 0 Å². The summed E-state index contributed by atoms with van der Waals surface area (Å²) in [7, 11) is 0. The molecule has 0 spiro atoms. The molecule has 7 nitrogen and oxygen atoms in total. The molecule has 1 unspecified atom stereocenters. The molecule has 0 saturated carbocycles. The maximum atomic E-state index is 11.8. The van der Waals surface area contributed by atoms with Crippen molar-refractivity contribution < 1.29 is 14.1 Å². The molecule has 2 N–H and O–H groups in total. The van der Waals surface area contributed by atoms with E-state index in [-0.39, 0.29) is 23.3 Å². The Balaban J connectivity index is 1.58. The highest BCUT2D eigenvalue weighted by atomic mass is 32.2. The third-order valence-electron chi connectivity index (χ3n) is 3.80. The summed E-state index contributed by atoms with van der Waals surface area (Å²) in [6, 6.07) is 2.10. The van der Waals surface area contributed by atoms with Crippen LogP contribution in [0.1, 0.15) is 25.5 Å². The van der Waals surface area contributed by atoms with E-state index in [0.717, 1.165) is 19.5 Å². The summed E-state index contributed by atoms with van der Waals surface area (Å²) in [5, 5.41) is 9.27. The second-order valence-corrected chi connectivity index (χ2v) is 6.58. The van der Waals surface area contributed by atoms with E-state index in [1.165, 1.54) is 18.2 Å². The number of hydrogen-bond acceptors (Lipinski definition) is 6. The fraction of sp³-hybridized carbons (Fsp3) is 0.667. The molecule has 0 bridgehead atoms. The highest BCUT2D eigenvalue weighted by Crippen LogP contribution is 2.15. The first kappa shape index (κ1) is 17.8. The van der Waals surface area contributed by atoms with Crippen LogP contribution >= 0.6 is 11.8 Å². The number of hydrogen-bond donors (Lipinski definition) is 2. The Labute approximate surface area is 140 Å². The van der Waals surface area contributed by atoms with Crippen molar-refractivity contribution in [2.24, 2.45) is 0 Å². The number of rotatable bonds is 8. The maximum Gasteiger partial charge on any atom is 0.235 e. The lowest BCUT2D eigenvalue weighted by molar-refractivity contribution is -0.118. The monoisotopic (exact) mass is 340 g/mol. The number of likely N-dealkylation sites (tertiary alicyclic amines) is 1. The van der Waals surface area contributed by atoms with E-state index in [1.807, 2.05) is 0 Å². The Morgan fingerprint density at radius 2 is 2.22 bits per heavy atom. The molecule has 1 fully saturated rings. The zero-order valence-corrected chi connectivity index (χ0v) is 14.4. The van der Waals surface area contributed by atoms with Gasteiger partial charge in [-0.1, -0.05) is 12.1 Å². The minimum Gasteiger partial charge on any atom is -0.360 e. The van der Waals surface area contributed by atoms with Crippen molar-refractivity contribution in [2.75, 3.05) is 36.5 Å². The number of amides is 2. The first-order valence-corrected chi connectivity index (χ1v) is 9.05.